The molecule has 1 atom stereocenters. The maximum Gasteiger partial charge on any atom is 0.0817 e. The number of alkyl halides is 1. The van der Waals surface area contributed by atoms with Crippen LogP contribution in [0, 0.1) is 5.41 Å². The molecule has 0 aliphatic rings. The molecule has 0 fully saturated rings. The molecule has 0 aliphatic heterocycles. The summed E-state index contributed by atoms with van der Waals surface area (Å²) in [5.74, 6) is 0. The molecule has 1 aromatic rings. The van der Waals surface area contributed by atoms with Crippen LogP contribution in [-0.2, 0) is 13.0 Å². The van der Waals surface area contributed by atoms with Gasteiger partial charge in [0, 0.05) is 11.4 Å². The zero-order valence-corrected chi connectivity index (χ0v) is 13.5. The Bertz CT molecular complexity index is 355. The number of nitrogens with zero attached hydrogens (tertiary/aromatic N) is 2. The number of aromatic nitrogens is 2. The van der Waals surface area contributed by atoms with Gasteiger partial charge in [-0.2, -0.15) is 5.10 Å². The smallest absolute Gasteiger partial charge is 0.0817 e. The minimum Gasteiger partial charge on any atom is -0.268 e. The number of rotatable bonds is 5. The van der Waals surface area contributed by atoms with E-state index in [1.807, 2.05) is 4.68 Å². The molecule has 0 saturated carbocycles. The first kappa shape index (κ1) is 15.0. The van der Waals surface area contributed by atoms with Crippen molar-refractivity contribution in [3.8, 4) is 0 Å². The van der Waals surface area contributed by atoms with Gasteiger partial charge in [0.25, 0.3) is 0 Å². The van der Waals surface area contributed by atoms with Gasteiger partial charge in [-0.05, 0) is 24.7 Å². The summed E-state index contributed by atoms with van der Waals surface area (Å²) in [6, 6.07) is 0. The third kappa shape index (κ3) is 4.29. The quantitative estimate of drug-likeness (QED) is 0.719. The van der Waals surface area contributed by atoms with Crippen LogP contribution in [0.2, 0.25) is 5.02 Å². The Balaban J connectivity index is 2.65. The predicted octanol–water partition coefficient (Wildman–Crippen LogP) is 4.69. The summed E-state index contributed by atoms with van der Waals surface area (Å²) in [4.78, 5) is 0.496. The van der Waals surface area contributed by atoms with Crippen molar-refractivity contribution in [3.05, 3.63) is 16.9 Å². The fourth-order valence-corrected chi connectivity index (χ4v) is 2.20. The van der Waals surface area contributed by atoms with Crippen LogP contribution in [0.15, 0.2) is 6.20 Å². The summed E-state index contributed by atoms with van der Waals surface area (Å²) in [6.45, 7) is 9.85. The molecule has 17 heavy (non-hydrogen) atoms. The highest BCUT2D eigenvalue weighted by atomic mass is 79.9. The van der Waals surface area contributed by atoms with E-state index in [1.165, 1.54) is 5.69 Å². The number of hydrogen-bond donors (Lipinski definition) is 0. The first-order valence-electron chi connectivity index (χ1n) is 6.20. The van der Waals surface area contributed by atoms with Crippen molar-refractivity contribution in [2.75, 3.05) is 0 Å². The first-order valence-corrected chi connectivity index (χ1v) is 7.50. The van der Waals surface area contributed by atoms with Crippen LogP contribution in [0.3, 0.4) is 0 Å². The van der Waals surface area contributed by atoms with Crippen molar-refractivity contribution in [1.82, 2.24) is 9.78 Å². The number of aryl methyl sites for hydroxylation is 1. The molecule has 0 N–H and O–H groups in total. The number of halogens is 2. The summed E-state index contributed by atoms with van der Waals surface area (Å²) < 4.78 is 2.03. The number of hydrogen-bond acceptors (Lipinski definition) is 1. The molecule has 4 heteroatoms. The third-order valence-electron chi connectivity index (χ3n) is 2.91. The lowest BCUT2D eigenvalue weighted by Gasteiger charge is -2.25. The van der Waals surface area contributed by atoms with E-state index in [9.17, 15) is 0 Å². The van der Waals surface area contributed by atoms with Gasteiger partial charge in [0.15, 0.2) is 0 Å². The van der Waals surface area contributed by atoms with Crippen LogP contribution in [0.5, 0.6) is 0 Å². The molecule has 0 saturated heterocycles. The molecular weight excluding hydrogens is 300 g/mol. The van der Waals surface area contributed by atoms with Gasteiger partial charge in [-0.3, -0.25) is 4.68 Å². The van der Waals surface area contributed by atoms with Crippen molar-refractivity contribution in [2.24, 2.45) is 5.41 Å². The lowest BCUT2D eigenvalue weighted by Crippen LogP contribution is -2.21. The van der Waals surface area contributed by atoms with Gasteiger partial charge >= 0.3 is 0 Å². The predicted molar refractivity (Wildman–Crippen MR) is 78.0 cm³/mol. The molecule has 0 bridgehead atoms. The molecule has 0 radical (unpaired) electrons. The molecule has 98 valence electrons. The maximum absolute atomic E-state index is 6.18. The largest absolute Gasteiger partial charge is 0.268 e. The van der Waals surface area contributed by atoms with Crippen LogP contribution >= 0.6 is 27.5 Å². The zero-order valence-electron chi connectivity index (χ0n) is 11.1. The van der Waals surface area contributed by atoms with Crippen LogP contribution in [-0.4, -0.2) is 14.6 Å². The molecule has 1 rings (SSSR count). The minimum absolute atomic E-state index is 0.280. The standard InChI is InChI=1S/C13H22BrClN2/c1-5-8-17-11(10(15)9-16-17)6-7-12(14)13(2,3)4/h9,12H,5-8H2,1-4H3. The molecule has 1 aromatic heterocycles. The van der Waals surface area contributed by atoms with E-state index in [1.54, 1.807) is 6.20 Å². The van der Waals surface area contributed by atoms with Crippen molar-refractivity contribution in [1.29, 1.82) is 0 Å². The van der Waals surface area contributed by atoms with E-state index in [0.717, 1.165) is 30.8 Å². The maximum atomic E-state index is 6.18. The Morgan fingerprint density at radius 2 is 2.12 bits per heavy atom. The Kier molecular flexibility index (Phi) is 5.52. The van der Waals surface area contributed by atoms with Gasteiger partial charge in [0.2, 0.25) is 0 Å². The highest BCUT2D eigenvalue weighted by molar-refractivity contribution is 9.09. The van der Waals surface area contributed by atoms with E-state index in [4.69, 9.17) is 11.6 Å². The lowest BCUT2D eigenvalue weighted by molar-refractivity contribution is 0.383. The Morgan fingerprint density at radius 3 is 2.65 bits per heavy atom. The zero-order chi connectivity index (χ0) is 13.1. The van der Waals surface area contributed by atoms with Gasteiger partial charge in [-0.15, -0.1) is 0 Å². The Labute approximate surface area is 118 Å². The van der Waals surface area contributed by atoms with Gasteiger partial charge in [0.1, 0.15) is 0 Å². The van der Waals surface area contributed by atoms with Crippen molar-refractivity contribution in [2.45, 2.75) is 58.3 Å². The normalized spacial score (nSPS) is 14.0. The SMILES string of the molecule is CCCn1ncc(Cl)c1CCC(Br)C(C)(C)C. The second-order valence-electron chi connectivity index (χ2n) is 5.53. The second kappa shape index (κ2) is 6.24. The fraction of sp³-hybridized carbons (Fsp3) is 0.769. The highest BCUT2D eigenvalue weighted by Gasteiger charge is 2.22. The third-order valence-corrected chi connectivity index (χ3v) is 5.05. The van der Waals surface area contributed by atoms with E-state index in [0.29, 0.717) is 4.83 Å². The minimum atomic E-state index is 0.280. The van der Waals surface area contributed by atoms with Gasteiger partial charge in [0.05, 0.1) is 16.9 Å². The van der Waals surface area contributed by atoms with Gasteiger partial charge < -0.3 is 0 Å². The highest BCUT2D eigenvalue weighted by Crippen LogP contribution is 2.30. The van der Waals surface area contributed by atoms with E-state index < -0.39 is 0 Å². The van der Waals surface area contributed by atoms with Crippen molar-refractivity contribution in [3.63, 3.8) is 0 Å². The average molecular weight is 322 g/mol. The van der Waals surface area contributed by atoms with Crippen LogP contribution in [0.25, 0.3) is 0 Å². The molecule has 0 aliphatic carbocycles. The van der Waals surface area contributed by atoms with Crippen LogP contribution in [0.1, 0.15) is 46.2 Å². The molecule has 2 nitrogen and oxygen atoms in total. The Hall–Kier alpha value is -0.0200. The molecule has 0 amide bonds. The summed E-state index contributed by atoms with van der Waals surface area (Å²) in [5, 5.41) is 5.11. The summed E-state index contributed by atoms with van der Waals surface area (Å²) in [5.41, 5.74) is 1.45. The van der Waals surface area contributed by atoms with Gasteiger partial charge in [-0.25, -0.2) is 0 Å². The Morgan fingerprint density at radius 1 is 1.47 bits per heavy atom. The summed E-state index contributed by atoms with van der Waals surface area (Å²) in [7, 11) is 0. The molecule has 1 heterocycles. The summed E-state index contributed by atoms with van der Waals surface area (Å²) in [6.07, 6.45) is 4.90. The lowest BCUT2D eigenvalue weighted by atomic mass is 9.89. The fourth-order valence-electron chi connectivity index (χ4n) is 1.74. The summed E-state index contributed by atoms with van der Waals surface area (Å²) >= 11 is 9.94. The van der Waals surface area contributed by atoms with Crippen LogP contribution < -0.4 is 0 Å². The van der Waals surface area contributed by atoms with E-state index >= 15 is 0 Å². The monoisotopic (exact) mass is 320 g/mol. The van der Waals surface area contributed by atoms with Crippen molar-refractivity contribution < 1.29 is 0 Å². The van der Waals surface area contributed by atoms with Crippen LogP contribution in [0.4, 0.5) is 0 Å². The molecule has 0 spiro atoms. The van der Waals surface area contributed by atoms with E-state index in [-0.39, 0.29) is 5.41 Å². The average Bonchev–Trinajstić information content (AvgIpc) is 2.56. The first-order chi connectivity index (χ1) is 7.86. The molecule has 0 aromatic carbocycles. The van der Waals surface area contributed by atoms with E-state index in [2.05, 4.69) is 48.7 Å². The van der Waals surface area contributed by atoms with Gasteiger partial charge in [-0.1, -0.05) is 55.2 Å². The molecular formula is C13H22BrClN2. The molecule has 1 unspecified atom stereocenters. The van der Waals surface area contributed by atoms with Crippen molar-refractivity contribution >= 4 is 27.5 Å². The topological polar surface area (TPSA) is 17.8 Å². The second-order valence-corrected chi connectivity index (χ2v) is 7.05.